The van der Waals surface area contributed by atoms with Crippen molar-refractivity contribution in [1.82, 2.24) is 14.7 Å². The fraction of sp³-hybridized carbons (Fsp3) is 0.379. The number of morpholine rings is 1. The molecule has 0 aromatic heterocycles. The third-order valence-electron chi connectivity index (χ3n) is 7.14. The molecule has 5 rings (SSSR count). The number of fused-ring (bicyclic) bond motifs is 1. The summed E-state index contributed by atoms with van der Waals surface area (Å²) in [6, 6.07) is 21.8. The standard InChI is InChI=1S/C29H33N3O3/c1-22-7-2-5-10-27(22)29(34)32-17-18-35-26(21-32)20-30-13-6-14-31(16-15-30)28(33)25-12-11-23-8-3-4-9-24(23)19-25/h2-5,7-12,19,26H,6,13-18,20-21H2,1H3. The first-order valence-electron chi connectivity index (χ1n) is 12.6. The second-order valence-electron chi connectivity index (χ2n) is 9.57. The summed E-state index contributed by atoms with van der Waals surface area (Å²) in [5.74, 6) is 0.181. The first-order valence-corrected chi connectivity index (χ1v) is 12.6. The van der Waals surface area contributed by atoms with Gasteiger partial charge in [0.2, 0.25) is 0 Å². The molecule has 182 valence electrons. The summed E-state index contributed by atoms with van der Waals surface area (Å²) in [6.07, 6.45) is 0.914. The molecule has 2 aliphatic heterocycles. The predicted octanol–water partition coefficient (Wildman–Crippen LogP) is 3.84. The van der Waals surface area contributed by atoms with Crippen LogP contribution in [0.1, 0.15) is 32.7 Å². The van der Waals surface area contributed by atoms with Crippen molar-refractivity contribution in [3.8, 4) is 0 Å². The number of carbonyl (C=O) groups excluding carboxylic acids is 2. The highest BCUT2D eigenvalue weighted by molar-refractivity contribution is 5.98. The monoisotopic (exact) mass is 471 g/mol. The van der Waals surface area contributed by atoms with Crippen LogP contribution in [0.3, 0.4) is 0 Å². The summed E-state index contributed by atoms with van der Waals surface area (Å²) in [5, 5.41) is 2.24. The first kappa shape index (κ1) is 23.5. The Labute approximate surface area is 207 Å². The van der Waals surface area contributed by atoms with Crippen molar-refractivity contribution >= 4 is 22.6 Å². The zero-order valence-corrected chi connectivity index (χ0v) is 20.4. The highest BCUT2D eigenvalue weighted by Crippen LogP contribution is 2.19. The van der Waals surface area contributed by atoms with E-state index in [4.69, 9.17) is 4.74 Å². The van der Waals surface area contributed by atoms with Gasteiger partial charge in [-0.3, -0.25) is 14.5 Å². The van der Waals surface area contributed by atoms with Crippen LogP contribution in [0.25, 0.3) is 10.8 Å². The molecule has 3 aromatic rings. The minimum Gasteiger partial charge on any atom is -0.373 e. The first-order chi connectivity index (χ1) is 17.1. The van der Waals surface area contributed by atoms with Gasteiger partial charge in [0.05, 0.1) is 12.7 Å². The number of ether oxygens (including phenoxy) is 1. The van der Waals surface area contributed by atoms with Gasteiger partial charge in [-0.25, -0.2) is 0 Å². The molecule has 35 heavy (non-hydrogen) atoms. The zero-order valence-electron chi connectivity index (χ0n) is 20.4. The van der Waals surface area contributed by atoms with Crippen LogP contribution in [-0.2, 0) is 4.74 Å². The second kappa shape index (κ2) is 10.6. The average Bonchev–Trinajstić information content (AvgIpc) is 3.13. The largest absolute Gasteiger partial charge is 0.373 e. The molecule has 6 heteroatoms. The van der Waals surface area contributed by atoms with Crippen LogP contribution in [0.5, 0.6) is 0 Å². The number of hydrogen-bond acceptors (Lipinski definition) is 4. The van der Waals surface area contributed by atoms with E-state index in [1.54, 1.807) is 0 Å². The SMILES string of the molecule is Cc1ccccc1C(=O)N1CCOC(CN2CCCN(C(=O)c3ccc4ccccc4c3)CC2)C1. The topological polar surface area (TPSA) is 53.1 Å². The molecular formula is C29H33N3O3. The molecule has 0 spiro atoms. The van der Waals surface area contributed by atoms with Crippen LogP contribution in [-0.4, -0.2) is 85.0 Å². The van der Waals surface area contributed by atoms with Crippen molar-refractivity contribution in [2.45, 2.75) is 19.4 Å². The summed E-state index contributed by atoms with van der Waals surface area (Å²) in [7, 11) is 0. The van der Waals surface area contributed by atoms with Gasteiger partial charge in [-0.2, -0.15) is 0 Å². The van der Waals surface area contributed by atoms with E-state index in [0.29, 0.717) is 26.2 Å². The van der Waals surface area contributed by atoms with Crippen LogP contribution in [0, 0.1) is 6.92 Å². The number of amides is 2. The normalized spacial score (nSPS) is 19.5. The van der Waals surface area contributed by atoms with Crippen LogP contribution < -0.4 is 0 Å². The van der Waals surface area contributed by atoms with E-state index in [9.17, 15) is 9.59 Å². The van der Waals surface area contributed by atoms with E-state index in [-0.39, 0.29) is 17.9 Å². The van der Waals surface area contributed by atoms with Crippen molar-refractivity contribution in [3.05, 3.63) is 83.4 Å². The Hall–Kier alpha value is -3.22. The number of carbonyl (C=O) groups is 2. The lowest BCUT2D eigenvalue weighted by molar-refractivity contribution is -0.0353. The van der Waals surface area contributed by atoms with Gasteiger partial charge in [-0.15, -0.1) is 0 Å². The van der Waals surface area contributed by atoms with E-state index in [1.807, 2.05) is 77.4 Å². The van der Waals surface area contributed by atoms with E-state index in [1.165, 1.54) is 0 Å². The van der Waals surface area contributed by atoms with E-state index in [2.05, 4.69) is 11.0 Å². The zero-order chi connectivity index (χ0) is 24.2. The lowest BCUT2D eigenvalue weighted by Crippen LogP contribution is -2.50. The van der Waals surface area contributed by atoms with Gasteiger partial charge in [0, 0.05) is 50.4 Å². The Kier molecular flexibility index (Phi) is 7.11. The minimum atomic E-state index is -0.0144. The van der Waals surface area contributed by atoms with E-state index < -0.39 is 0 Å². The molecular weight excluding hydrogens is 438 g/mol. The summed E-state index contributed by atoms with van der Waals surface area (Å²) in [5.41, 5.74) is 2.52. The number of aryl methyl sites for hydroxylation is 1. The van der Waals surface area contributed by atoms with Crippen LogP contribution in [0.15, 0.2) is 66.7 Å². The molecule has 0 bridgehead atoms. The molecule has 0 aliphatic carbocycles. The third kappa shape index (κ3) is 5.39. The molecule has 0 N–H and O–H groups in total. The maximum Gasteiger partial charge on any atom is 0.254 e. The molecule has 2 fully saturated rings. The van der Waals surface area contributed by atoms with E-state index >= 15 is 0 Å². The van der Waals surface area contributed by atoms with Crippen molar-refractivity contribution < 1.29 is 14.3 Å². The van der Waals surface area contributed by atoms with Crippen molar-refractivity contribution in [2.24, 2.45) is 0 Å². The fourth-order valence-corrected chi connectivity index (χ4v) is 5.15. The minimum absolute atomic E-state index is 0.0144. The molecule has 0 saturated carbocycles. The molecule has 2 saturated heterocycles. The molecule has 3 aromatic carbocycles. The lowest BCUT2D eigenvalue weighted by atomic mass is 10.1. The highest BCUT2D eigenvalue weighted by Gasteiger charge is 2.28. The van der Waals surface area contributed by atoms with Gasteiger partial charge < -0.3 is 14.5 Å². The van der Waals surface area contributed by atoms with Crippen LogP contribution in [0.2, 0.25) is 0 Å². The highest BCUT2D eigenvalue weighted by atomic mass is 16.5. The summed E-state index contributed by atoms with van der Waals surface area (Å²) >= 11 is 0. The van der Waals surface area contributed by atoms with Gasteiger partial charge in [-0.05, 0) is 54.4 Å². The van der Waals surface area contributed by atoms with Crippen molar-refractivity contribution in [3.63, 3.8) is 0 Å². The third-order valence-corrected chi connectivity index (χ3v) is 7.14. The molecule has 2 amide bonds. The molecule has 1 atom stereocenters. The summed E-state index contributed by atoms with van der Waals surface area (Å²) in [4.78, 5) is 32.5. The van der Waals surface area contributed by atoms with Gasteiger partial charge in [0.1, 0.15) is 0 Å². The second-order valence-corrected chi connectivity index (χ2v) is 9.57. The fourth-order valence-electron chi connectivity index (χ4n) is 5.15. The Morgan fingerprint density at radius 2 is 1.63 bits per heavy atom. The maximum absolute atomic E-state index is 13.2. The molecule has 2 heterocycles. The van der Waals surface area contributed by atoms with Gasteiger partial charge >= 0.3 is 0 Å². The quantitative estimate of drug-likeness (QED) is 0.580. The van der Waals surface area contributed by atoms with Crippen LogP contribution >= 0.6 is 0 Å². The molecule has 0 radical (unpaired) electrons. The van der Waals surface area contributed by atoms with Gasteiger partial charge in [0.25, 0.3) is 11.8 Å². The number of nitrogens with zero attached hydrogens (tertiary/aromatic N) is 3. The Bertz CT molecular complexity index is 1210. The Morgan fingerprint density at radius 1 is 0.829 bits per heavy atom. The summed E-state index contributed by atoms with van der Waals surface area (Å²) < 4.78 is 6.04. The maximum atomic E-state index is 13.2. The number of benzene rings is 3. The van der Waals surface area contributed by atoms with E-state index in [0.717, 1.165) is 60.1 Å². The summed E-state index contributed by atoms with van der Waals surface area (Å²) in [6.45, 7) is 7.72. The van der Waals surface area contributed by atoms with Gasteiger partial charge in [0.15, 0.2) is 0 Å². The Balaban J connectivity index is 1.17. The molecule has 1 unspecified atom stereocenters. The smallest absolute Gasteiger partial charge is 0.254 e. The van der Waals surface area contributed by atoms with Crippen molar-refractivity contribution in [1.29, 1.82) is 0 Å². The molecule has 2 aliphatic rings. The molecule has 6 nitrogen and oxygen atoms in total. The Morgan fingerprint density at radius 3 is 2.49 bits per heavy atom. The van der Waals surface area contributed by atoms with Crippen LogP contribution in [0.4, 0.5) is 0 Å². The number of rotatable bonds is 4. The lowest BCUT2D eigenvalue weighted by Gasteiger charge is -2.35. The predicted molar refractivity (Wildman–Crippen MR) is 138 cm³/mol. The van der Waals surface area contributed by atoms with Crippen molar-refractivity contribution in [2.75, 3.05) is 52.4 Å². The number of hydrogen-bond donors (Lipinski definition) is 0. The average molecular weight is 472 g/mol. The van der Waals surface area contributed by atoms with Gasteiger partial charge in [-0.1, -0.05) is 48.5 Å².